The summed E-state index contributed by atoms with van der Waals surface area (Å²) in [6.07, 6.45) is 0.490. The summed E-state index contributed by atoms with van der Waals surface area (Å²) in [6, 6.07) is 5.58. The molecular formula is C13H14BrNO4. The Labute approximate surface area is 119 Å². The molecule has 102 valence electrons. The number of rotatable bonds is 5. The average Bonchev–Trinajstić information content (AvgIpc) is 2.77. The summed E-state index contributed by atoms with van der Waals surface area (Å²) in [5.74, 6) is -0.568. The van der Waals surface area contributed by atoms with E-state index in [-0.39, 0.29) is 18.2 Å². The maximum absolute atomic E-state index is 12.0. The monoisotopic (exact) mass is 327 g/mol. The Morgan fingerprint density at radius 2 is 2.26 bits per heavy atom. The van der Waals surface area contributed by atoms with Crippen molar-refractivity contribution in [2.24, 2.45) is 0 Å². The van der Waals surface area contributed by atoms with Crippen LogP contribution in [-0.2, 0) is 9.59 Å². The first-order valence-electron chi connectivity index (χ1n) is 5.99. The lowest BCUT2D eigenvalue weighted by molar-refractivity contribution is -0.137. The Bertz CT molecular complexity index is 503. The fourth-order valence-electron chi connectivity index (χ4n) is 1.98. The van der Waals surface area contributed by atoms with Gasteiger partial charge in [0.25, 0.3) is 0 Å². The molecule has 0 saturated carbocycles. The second kappa shape index (κ2) is 6.06. The summed E-state index contributed by atoms with van der Waals surface area (Å²) < 4.78 is 6.36. The standard InChI is InChI=1S/C13H14BrNO4/c14-8-3-4-11-9(6-8)10(7-19-11)13(18)15-5-1-2-12(16)17/h3-4,6,10H,1-2,5,7H2,(H,15,18)(H,16,17). The average molecular weight is 328 g/mol. The minimum absolute atomic E-state index is 0.0591. The van der Waals surface area contributed by atoms with Gasteiger partial charge in [0.2, 0.25) is 5.91 Å². The number of carbonyl (C=O) groups is 2. The van der Waals surface area contributed by atoms with E-state index in [1.165, 1.54) is 0 Å². The van der Waals surface area contributed by atoms with Gasteiger partial charge in [-0.15, -0.1) is 0 Å². The smallest absolute Gasteiger partial charge is 0.303 e. The van der Waals surface area contributed by atoms with Crippen LogP contribution in [0, 0.1) is 0 Å². The minimum atomic E-state index is -0.854. The molecular weight excluding hydrogens is 314 g/mol. The maximum atomic E-state index is 12.0. The van der Waals surface area contributed by atoms with Crippen LogP contribution in [-0.4, -0.2) is 30.1 Å². The third-order valence-corrected chi connectivity index (χ3v) is 3.43. The van der Waals surface area contributed by atoms with Crippen molar-refractivity contribution >= 4 is 27.8 Å². The van der Waals surface area contributed by atoms with Crippen LogP contribution >= 0.6 is 15.9 Å². The minimum Gasteiger partial charge on any atom is -0.492 e. The fraction of sp³-hybridized carbons (Fsp3) is 0.385. The van der Waals surface area contributed by atoms with Crippen molar-refractivity contribution in [2.75, 3.05) is 13.2 Å². The Hall–Kier alpha value is -1.56. The van der Waals surface area contributed by atoms with Gasteiger partial charge in [-0.1, -0.05) is 15.9 Å². The lowest BCUT2D eigenvalue weighted by Crippen LogP contribution is -2.31. The van der Waals surface area contributed by atoms with Crippen molar-refractivity contribution < 1.29 is 19.4 Å². The molecule has 1 aliphatic heterocycles. The molecule has 1 unspecified atom stereocenters. The highest BCUT2D eigenvalue weighted by molar-refractivity contribution is 9.10. The molecule has 1 heterocycles. The van der Waals surface area contributed by atoms with Crippen LogP contribution in [0.25, 0.3) is 0 Å². The zero-order chi connectivity index (χ0) is 13.8. The Morgan fingerprint density at radius 1 is 1.47 bits per heavy atom. The van der Waals surface area contributed by atoms with Gasteiger partial charge in [0.05, 0.1) is 0 Å². The zero-order valence-corrected chi connectivity index (χ0v) is 11.8. The van der Waals surface area contributed by atoms with Gasteiger partial charge >= 0.3 is 5.97 Å². The number of hydrogen-bond donors (Lipinski definition) is 2. The van der Waals surface area contributed by atoms with E-state index in [1.807, 2.05) is 18.2 Å². The first kappa shape index (κ1) is 13.9. The van der Waals surface area contributed by atoms with Gasteiger partial charge in [-0.2, -0.15) is 0 Å². The van der Waals surface area contributed by atoms with Crippen LogP contribution in [0.4, 0.5) is 0 Å². The molecule has 1 aromatic rings. The fourth-order valence-corrected chi connectivity index (χ4v) is 2.36. The first-order valence-corrected chi connectivity index (χ1v) is 6.79. The van der Waals surface area contributed by atoms with Crippen LogP contribution < -0.4 is 10.1 Å². The van der Waals surface area contributed by atoms with Crippen molar-refractivity contribution in [1.82, 2.24) is 5.32 Å². The highest BCUT2D eigenvalue weighted by Gasteiger charge is 2.30. The van der Waals surface area contributed by atoms with E-state index in [2.05, 4.69) is 21.2 Å². The van der Waals surface area contributed by atoms with E-state index in [4.69, 9.17) is 9.84 Å². The van der Waals surface area contributed by atoms with Crippen LogP contribution in [0.1, 0.15) is 24.3 Å². The lowest BCUT2D eigenvalue weighted by Gasteiger charge is -2.09. The van der Waals surface area contributed by atoms with Gasteiger partial charge in [0.15, 0.2) is 0 Å². The number of carboxylic acid groups (broad SMARTS) is 1. The van der Waals surface area contributed by atoms with E-state index in [0.29, 0.717) is 19.6 Å². The van der Waals surface area contributed by atoms with Gasteiger partial charge < -0.3 is 15.2 Å². The van der Waals surface area contributed by atoms with Gasteiger partial charge in [-0.25, -0.2) is 0 Å². The third kappa shape index (κ3) is 3.47. The van der Waals surface area contributed by atoms with Crippen LogP contribution in [0.3, 0.4) is 0 Å². The number of ether oxygens (including phenoxy) is 1. The van der Waals surface area contributed by atoms with Gasteiger partial charge in [0, 0.05) is 23.0 Å². The number of benzene rings is 1. The quantitative estimate of drug-likeness (QED) is 0.810. The van der Waals surface area contributed by atoms with Crippen LogP contribution in [0.5, 0.6) is 5.75 Å². The molecule has 2 rings (SSSR count). The number of hydrogen-bond acceptors (Lipinski definition) is 3. The number of carbonyl (C=O) groups excluding carboxylic acids is 1. The predicted molar refractivity (Wildman–Crippen MR) is 72.3 cm³/mol. The van der Waals surface area contributed by atoms with Crippen molar-refractivity contribution in [1.29, 1.82) is 0 Å². The largest absolute Gasteiger partial charge is 0.492 e. The van der Waals surface area contributed by atoms with Crippen molar-refractivity contribution in [3.63, 3.8) is 0 Å². The third-order valence-electron chi connectivity index (χ3n) is 2.94. The molecule has 1 amide bonds. The Morgan fingerprint density at radius 3 is 3.00 bits per heavy atom. The molecule has 0 aromatic heterocycles. The number of amides is 1. The second-order valence-corrected chi connectivity index (χ2v) is 5.25. The van der Waals surface area contributed by atoms with Crippen molar-refractivity contribution in [3.05, 3.63) is 28.2 Å². The summed E-state index contributed by atoms with van der Waals surface area (Å²) >= 11 is 3.37. The highest BCUT2D eigenvalue weighted by atomic mass is 79.9. The van der Waals surface area contributed by atoms with E-state index >= 15 is 0 Å². The number of halogens is 1. The highest BCUT2D eigenvalue weighted by Crippen LogP contribution is 2.35. The Kier molecular flexibility index (Phi) is 4.42. The van der Waals surface area contributed by atoms with Crippen LogP contribution in [0.2, 0.25) is 0 Å². The predicted octanol–water partition coefficient (Wildman–Crippen LogP) is 1.91. The number of nitrogens with one attached hydrogen (secondary N) is 1. The number of fused-ring (bicyclic) bond motifs is 1. The summed E-state index contributed by atoms with van der Waals surface area (Å²) in [5.41, 5.74) is 0.866. The topological polar surface area (TPSA) is 75.6 Å². The Balaban J connectivity index is 1.92. The first-order chi connectivity index (χ1) is 9.08. The van der Waals surface area contributed by atoms with E-state index in [0.717, 1.165) is 15.8 Å². The molecule has 5 nitrogen and oxygen atoms in total. The summed E-state index contributed by atoms with van der Waals surface area (Å²) in [7, 11) is 0. The van der Waals surface area contributed by atoms with Gasteiger partial charge in [-0.05, 0) is 24.6 Å². The van der Waals surface area contributed by atoms with E-state index < -0.39 is 5.97 Å². The molecule has 2 N–H and O–H groups in total. The van der Waals surface area contributed by atoms with Crippen molar-refractivity contribution in [3.8, 4) is 5.75 Å². The van der Waals surface area contributed by atoms with Crippen LogP contribution in [0.15, 0.2) is 22.7 Å². The summed E-state index contributed by atoms with van der Waals surface area (Å²) in [4.78, 5) is 22.4. The molecule has 1 aliphatic rings. The summed E-state index contributed by atoms with van der Waals surface area (Å²) in [5, 5.41) is 11.3. The molecule has 1 atom stereocenters. The van der Waals surface area contributed by atoms with Gasteiger partial charge in [-0.3, -0.25) is 9.59 Å². The lowest BCUT2D eigenvalue weighted by atomic mass is 10.0. The molecule has 6 heteroatoms. The molecule has 1 aromatic carbocycles. The molecule has 0 aliphatic carbocycles. The second-order valence-electron chi connectivity index (χ2n) is 4.33. The molecule has 0 fully saturated rings. The summed E-state index contributed by atoms with van der Waals surface area (Å²) in [6.45, 7) is 0.696. The molecule has 0 radical (unpaired) electrons. The number of carboxylic acids is 1. The maximum Gasteiger partial charge on any atom is 0.303 e. The van der Waals surface area contributed by atoms with E-state index in [1.54, 1.807) is 0 Å². The van der Waals surface area contributed by atoms with Gasteiger partial charge in [0.1, 0.15) is 18.3 Å². The normalized spacial score (nSPS) is 16.6. The van der Waals surface area contributed by atoms with E-state index in [9.17, 15) is 9.59 Å². The van der Waals surface area contributed by atoms with Crippen molar-refractivity contribution in [2.45, 2.75) is 18.8 Å². The molecule has 0 spiro atoms. The molecule has 0 saturated heterocycles. The molecule has 19 heavy (non-hydrogen) atoms. The number of aliphatic carboxylic acids is 1. The SMILES string of the molecule is O=C(O)CCCNC(=O)C1COc2ccc(Br)cc21. The zero-order valence-electron chi connectivity index (χ0n) is 10.2. The molecule has 0 bridgehead atoms.